The minimum atomic E-state index is -0.920. The molecule has 1 rings (SSSR count). The molecule has 1 radical (unpaired) electrons. The number of carbonyl (C=O) groups is 1. The van der Waals surface area contributed by atoms with E-state index in [4.69, 9.17) is 10.5 Å². The SMILES string of the molecule is CC(C)c1ccccc1.CCCCCCCC(=O)[O-].CNC.OO.[Zn+]. The zero-order valence-corrected chi connectivity index (χ0v) is 19.6. The molecule has 0 saturated carbocycles. The van der Waals surface area contributed by atoms with Gasteiger partial charge in [0.1, 0.15) is 0 Å². The Balaban J connectivity index is -0.000000136. The van der Waals surface area contributed by atoms with E-state index in [9.17, 15) is 9.90 Å². The summed E-state index contributed by atoms with van der Waals surface area (Å²) in [5.74, 6) is -0.261. The predicted molar refractivity (Wildman–Crippen MR) is 99.2 cm³/mol. The number of hydrogen-bond acceptors (Lipinski definition) is 5. The van der Waals surface area contributed by atoms with E-state index in [1.807, 2.05) is 20.2 Å². The average molecular weight is 408 g/mol. The summed E-state index contributed by atoms with van der Waals surface area (Å²) in [6.07, 6.45) is 5.61. The topological polar surface area (TPSA) is 92.6 Å². The van der Waals surface area contributed by atoms with Crippen LogP contribution in [0.15, 0.2) is 30.3 Å². The zero-order chi connectivity index (χ0) is 19.2. The van der Waals surface area contributed by atoms with Crippen molar-refractivity contribution in [3.05, 3.63) is 35.9 Å². The minimum Gasteiger partial charge on any atom is -0.550 e. The molecule has 0 unspecified atom stereocenters. The maximum atomic E-state index is 9.92. The molecule has 143 valence electrons. The van der Waals surface area contributed by atoms with Crippen LogP contribution in [0.5, 0.6) is 0 Å². The molecule has 1 aromatic carbocycles. The van der Waals surface area contributed by atoms with Crippen molar-refractivity contribution in [1.29, 1.82) is 0 Å². The van der Waals surface area contributed by atoms with Crippen molar-refractivity contribution in [3.63, 3.8) is 0 Å². The van der Waals surface area contributed by atoms with Gasteiger partial charge in [0, 0.05) is 5.97 Å². The normalized spacial score (nSPS) is 8.48. The maximum absolute atomic E-state index is 9.92. The van der Waals surface area contributed by atoms with Crippen molar-refractivity contribution >= 4 is 5.97 Å². The van der Waals surface area contributed by atoms with Crippen LogP contribution >= 0.6 is 0 Å². The van der Waals surface area contributed by atoms with E-state index in [0.717, 1.165) is 19.3 Å². The molecular weight excluding hydrogens is 372 g/mol. The third kappa shape index (κ3) is 31.5. The molecule has 1 aromatic rings. The second kappa shape index (κ2) is 28.0. The largest absolute Gasteiger partial charge is 1.00 e. The minimum absolute atomic E-state index is 0. The van der Waals surface area contributed by atoms with Crippen molar-refractivity contribution in [2.45, 2.75) is 65.2 Å². The Morgan fingerprint density at radius 1 is 1.04 bits per heavy atom. The molecule has 0 bridgehead atoms. The second-order valence-corrected chi connectivity index (χ2v) is 5.60. The molecule has 0 aliphatic carbocycles. The summed E-state index contributed by atoms with van der Waals surface area (Å²) in [5.41, 5.74) is 1.41. The monoisotopic (exact) mass is 406 g/mol. The molecule has 0 aliphatic heterocycles. The molecular formula is C19H36NO4Zn. The average Bonchev–Trinajstić information content (AvgIpc) is 2.58. The van der Waals surface area contributed by atoms with Crippen LogP contribution in [0.4, 0.5) is 0 Å². The summed E-state index contributed by atoms with van der Waals surface area (Å²) < 4.78 is 0. The van der Waals surface area contributed by atoms with Gasteiger partial charge in [-0.25, -0.2) is 0 Å². The fraction of sp³-hybridized carbons (Fsp3) is 0.632. The van der Waals surface area contributed by atoms with E-state index < -0.39 is 5.97 Å². The second-order valence-electron chi connectivity index (χ2n) is 5.60. The van der Waals surface area contributed by atoms with Gasteiger partial charge >= 0.3 is 19.5 Å². The van der Waals surface area contributed by atoms with E-state index in [2.05, 4.69) is 50.4 Å². The summed E-state index contributed by atoms with van der Waals surface area (Å²) in [6, 6.07) is 10.5. The van der Waals surface area contributed by atoms with E-state index >= 15 is 0 Å². The molecule has 3 N–H and O–H groups in total. The van der Waals surface area contributed by atoms with E-state index in [1.54, 1.807) is 0 Å². The number of carboxylic acid groups (broad SMARTS) is 1. The van der Waals surface area contributed by atoms with Crippen LogP contribution in [-0.2, 0) is 24.3 Å². The van der Waals surface area contributed by atoms with Gasteiger partial charge in [0.05, 0.1) is 0 Å². The standard InChI is InChI=1S/C9H12.C8H16O2.C2H7N.H2O2.Zn/c1-8(2)9-6-4-3-5-7-9;1-2-3-4-5-6-7-8(9)10;1-3-2;1-2;/h3-8H,1-2H3;2-7H2,1H3,(H,9,10);3H,1-2H3;1-2H;/q;;;;+1/p-1. The molecule has 25 heavy (non-hydrogen) atoms. The molecule has 0 saturated heterocycles. The van der Waals surface area contributed by atoms with Gasteiger partial charge in [-0.3, -0.25) is 10.5 Å². The van der Waals surface area contributed by atoms with Gasteiger partial charge in [0.2, 0.25) is 0 Å². The predicted octanol–water partition coefficient (Wildman–Crippen LogP) is 3.76. The molecule has 0 aromatic heterocycles. The molecule has 0 spiro atoms. The number of unbranched alkanes of at least 4 members (excludes halogenated alkanes) is 4. The molecule has 0 heterocycles. The van der Waals surface area contributed by atoms with Crippen molar-refractivity contribution in [1.82, 2.24) is 5.32 Å². The third-order valence-electron chi connectivity index (χ3n) is 2.95. The number of benzene rings is 1. The summed E-state index contributed by atoms with van der Waals surface area (Å²) in [6.45, 7) is 6.55. The van der Waals surface area contributed by atoms with Gasteiger partial charge in [-0.1, -0.05) is 76.8 Å². The van der Waals surface area contributed by atoms with Crippen LogP contribution in [0.3, 0.4) is 0 Å². The van der Waals surface area contributed by atoms with E-state index in [0.29, 0.717) is 5.92 Å². The van der Waals surface area contributed by atoms with Crippen molar-refractivity contribution in [2.75, 3.05) is 14.1 Å². The number of carboxylic acids is 1. The Kier molecular flexibility index (Phi) is 35.8. The molecule has 0 atom stereocenters. The number of rotatable bonds is 7. The molecule has 6 heteroatoms. The van der Waals surface area contributed by atoms with Crippen LogP contribution in [0.2, 0.25) is 0 Å². The van der Waals surface area contributed by atoms with Crippen molar-refractivity contribution in [3.8, 4) is 0 Å². The van der Waals surface area contributed by atoms with Gasteiger partial charge in [0.25, 0.3) is 0 Å². The van der Waals surface area contributed by atoms with Crippen LogP contribution in [0, 0.1) is 0 Å². The molecule has 0 amide bonds. The summed E-state index contributed by atoms with van der Waals surface area (Å²) in [7, 11) is 3.75. The van der Waals surface area contributed by atoms with Crippen LogP contribution in [-0.4, -0.2) is 30.6 Å². The fourth-order valence-corrected chi connectivity index (χ4v) is 1.71. The Morgan fingerprint density at radius 3 is 1.80 bits per heavy atom. The first-order chi connectivity index (χ1) is 11.5. The quantitative estimate of drug-likeness (QED) is 0.277. The number of hydrogen-bond donors (Lipinski definition) is 3. The van der Waals surface area contributed by atoms with Crippen molar-refractivity contribution < 1.29 is 39.9 Å². The summed E-state index contributed by atoms with van der Waals surface area (Å²) in [4.78, 5) is 9.92. The zero-order valence-electron chi connectivity index (χ0n) is 16.6. The molecule has 5 nitrogen and oxygen atoms in total. The number of aliphatic carboxylic acids is 1. The molecule has 0 fully saturated rings. The Bertz CT molecular complexity index is 349. The first-order valence-electron chi connectivity index (χ1n) is 8.52. The third-order valence-corrected chi connectivity index (χ3v) is 2.95. The molecule has 0 aliphatic rings. The smallest absolute Gasteiger partial charge is 0.550 e. The van der Waals surface area contributed by atoms with E-state index in [-0.39, 0.29) is 25.9 Å². The van der Waals surface area contributed by atoms with Gasteiger partial charge in [-0.2, -0.15) is 0 Å². The number of nitrogens with one attached hydrogen (secondary N) is 1. The Morgan fingerprint density at radius 2 is 1.48 bits per heavy atom. The Hall–Kier alpha value is -0.807. The van der Waals surface area contributed by atoms with Gasteiger partial charge in [-0.05, 0) is 38.4 Å². The maximum Gasteiger partial charge on any atom is 1.00 e. The van der Waals surface area contributed by atoms with Gasteiger partial charge in [-0.15, -0.1) is 0 Å². The first kappa shape index (κ1) is 31.9. The van der Waals surface area contributed by atoms with Crippen LogP contribution in [0.1, 0.15) is 70.8 Å². The number of carbonyl (C=O) groups excluding carboxylic acids is 1. The van der Waals surface area contributed by atoms with E-state index in [1.165, 1.54) is 18.4 Å². The van der Waals surface area contributed by atoms with Crippen molar-refractivity contribution in [2.24, 2.45) is 0 Å². The summed E-state index contributed by atoms with van der Waals surface area (Å²) in [5, 5.41) is 24.7. The van der Waals surface area contributed by atoms with Gasteiger partial charge < -0.3 is 15.2 Å². The first-order valence-corrected chi connectivity index (χ1v) is 8.52. The van der Waals surface area contributed by atoms with Crippen LogP contribution in [0.25, 0.3) is 0 Å². The fourth-order valence-electron chi connectivity index (χ4n) is 1.71. The summed E-state index contributed by atoms with van der Waals surface area (Å²) >= 11 is 0. The van der Waals surface area contributed by atoms with Crippen LogP contribution < -0.4 is 10.4 Å². The Labute approximate surface area is 166 Å². The van der Waals surface area contributed by atoms with Gasteiger partial charge in [0.15, 0.2) is 0 Å².